The molecule has 0 unspecified atom stereocenters. The number of likely N-dealkylation sites (tertiary alicyclic amines) is 2. The zero-order chi connectivity index (χ0) is 18.3. The van der Waals surface area contributed by atoms with E-state index in [0.29, 0.717) is 0 Å². The SMILES string of the molecule is CC[N+]1(CCCc2ccccc2CCC[N+]2(CC)CCCC2)CCCC1.[OH-].[OH-]. The number of quaternary nitrogens is 2. The molecule has 0 aromatic heterocycles. The molecular weight excluding hydrogens is 348 g/mol. The van der Waals surface area contributed by atoms with E-state index in [-0.39, 0.29) is 11.0 Å². The van der Waals surface area contributed by atoms with E-state index >= 15 is 0 Å². The van der Waals surface area contributed by atoms with E-state index in [2.05, 4.69) is 38.1 Å². The fourth-order valence-electron chi connectivity index (χ4n) is 5.66. The first-order chi connectivity index (χ1) is 12.7. The molecule has 1 aromatic rings. The Morgan fingerprint density at radius 2 is 1.00 bits per heavy atom. The largest absolute Gasteiger partial charge is 0.870 e. The monoisotopic (exact) mass is 392 g/mol. The first-order valence-corrected chi connectivity index (χ1v) is 11.5. The Kier molecular flexibility index (Phi) is 10.7. The van der Waals surface area contributed by atoms with Gasteiger partial charge in [-0.1, -0.05) is 24.3 Å². The molecule has 1 aromatic carbocycles. The topological polar surface area (TPSA) is 60.0 Å². The van der Waals surface area contributed by atoms with E-state index in [1.165, 1.54) is 113 Å². The molecule has 0 aliphatic carbocycles. The summed E-state index contributed by atoms with van der Waals surface area (Å²) in [6, 6.07) is 9.30. The van der Waals surface area contributed by atoms with Gasteiger partial charge in [0.15, 0.2) is 0 Å². The van der Waals surface area contributed by atoms with Crippen molar-refractivity contribution in [1.29, 1.82) is 0 Å². The van der Waals surface area contributed by atoms with Crippen molar-refractivity contribution < 1.29 is 19.9 Å². The van der Waals surface area contributed by atoms with Crippen LogP contribution in [0, 0.1) is 0 Å². The molecule has 4 heteroatoms. The van der Waals surface area contributed by atoms with Gasteiger partial charge in [-0.05, 0) is 37.8 Å². The van der Waals surface area contributed by atoms with Crippen molar-refractivity contribution in [2.75, 3.05) is 52.4 Å². The number of nitrogens with zero attached hydrogens (tertiary/aromatic N) is 2. The van der Waals surface area contributed by atoms with Gasteiger partial charge >= 0.3 is 0 Å². The molecular formula is C24H44N2O2. The lowest BCUT2D eigenvalue weighted by atomic mass is 9.98. The number of rotatable bonds is 10. The van der Waals surface area contributed by atoms with Crippen molar-refractivity contribution >= 4 is 0 Å². The van der Waals surface area contributed by atoms with Gasteiger partial charge in [-0.25, -0.2) is 0 Å². The van der Waals surface area contributed by atoms with Gasteiger partial charge in [-0.3, -0.25) is 0 Å². The molecule has 0 atom stereocenters. The van der Waals surface area contributed by atoms with Crippen molar-refractivity contribution in [2.24, 2.45) is 0 Å². The van der Waals surface area contributed by atoms with Crippen LogP contribution in [0.4, 0.5) is 0 Å². The molecule has 2 saturated heterocycles. The van der Waals surface area contributed by atoms with Crippen LogP contribution in [0.3, 0.4) is 0 Å². The average molecular weight is 393 g/mol. The third-order valence-electron chi connectivity index (χ3n) is 7.65. The quantitative estimate of drug-likeness (QED) is 0.552. The molecule has 2 aliphatic heterocycles. The molecule has 4 nitrogen and oxygen atoms in total. The lowest BCUT2D eigenvalue weighted by molar-refractivity contribution is -0.915. The summed E-state index contributed by atoms with van der Waals surface area (Å²) in [4.78, 5) is 0. The van der Waals surface area contributed by atoms with Gasteiger partial charge in [-0.2, -0.15) is 0 Å². The van der Waals surface area contributed by atoms with Crippen molar-refractivity contribution in [3.63, 3.8) is 0 Å². The maximum atomic E-state index is 2.40. The maximum absolute atomic E-state index is 2.40. The number of hydrogen-bond donors (Lipinski definition) is 0. The molecule has 2 heterocycles. The zero-order valence-corrected chi connectivity index (χ0v) is 18.4. The van der Waals surface area contributed by atoms with Gasteiger partial charge in [0.25, 0.3) is 0 Å². The Labute approximate surface area is 173 Å². The summed E-state index contributed by atoms with van der Waals surface area (Å²) < 4.78 is 2.78. The molecule has 2 fully saturated rings. The van der Waals surface area contributed by atoms with Crippen LogP contribution in [0.25, 0.3) is 0 Å². The second-order valence-electron chi connectivity index (χ2n) is 9.05. The van der Waals surface area contributed by atoms with Crippen molar-refractivity contribution in [2.45, 2.75) is 65.2 Å². The summed E-state index contributed by atoms with van der Waals surface area (Å²) in [5.74, 6) is 0. The van der Waals surface area contributed by atoms with Crippen LogP contribution in [-0.2, 0) is 12.8 Å². The second-order valence-corrected chi connectivity index (χ2v) is 9.05. The van der Waals surface area contributed by atoms with Gasteiger partial charge in [0.05, 0.1) is 52.4 Å². The normalized spacial score (nSPS) is 19.8. The van der Waals surface area contributed by atoms with Crippen LogP contribution in [-0.4, -0.2) is 72.3 Å². The highest BCUT2D eigenvalue weighted by molar-refractivity contribution is 5.27. The Morgan fingerprint density at radius 3 is 1.32 bits per heavy atom. The fraction of sp³-hybridized carbons (Fsp3) is 0.750. The summed E-state index contributed by atoms with van der Waals surface area (Å²) in [7, 11) is 0. The van der Waals surface area contributed by atoms with Crippen LogP contribution in [0.1, 0.15) is 63.5 Å². The minimum Gasteiger partial charge on any atom is -0.870 e. The fourth-order valence-corrected chi connectivity index (χ4v) is 5.66. The average Bonchev–Trinajstić information content (AvgIpc) is 3.34. The third kappa shape index (κ3) is 6.28. The van der Waals surface area contributed by atoms with E-state index in [1.807, 2.05) is 0 Å². The van der Waals surface area contributed by atoms with Gasteiger partial charge in [-0.15, -0.1) is 0 Å². The molecule has 3 rings (SSSR count). The highest BCUT2D eigenvalue weighted by atomic mass is 16.0. The minimum absolute atomic E-state index is 0. The summed E-state index contributed by atoms with van der Waals surface area (Å²) >= 11 is 0. The maximum Gasteiger partial charge on any atom is 0.0789 e. The van der Waals surface area contributed by atoms with Gasteiger partial charge < -0.3 is 19.9 Å². The highest BCUT2D eigenvalue weighted by Crippen LogP contribution is 2.23. The summed E-state index contributed by atoms with van der Waals surface area (Å²) in [5.41, 5.74) is 3.26. The smallest absolute Gasteiger partial charge is 0.0789 e. The minimum atomic E-state index is 0. The van der Waals surface area contributed by atoms with Crippen LogP contribution in [0.5, 0.6) is 0 Å². The predicted molar refractivity (Wildman–Crippen MR) is 116 cm³/mol. The van der Waals surface area contributed by atoms with E-state index in [1.54, 1.807) is 11.1 Å². The molecule has 28 heavy (non-hydrogen) atoms. The Bertz CT molecular complexity index is 500. The van der Waals surface area contributed by atoms with E-state index in [0.717, 1.165) is 0 Å². The third-order valence-corrected chi connectivity index (χ3v) is 7.65. The molecule has 0 saturated carbocycles. The molecule has 0 bridgehead atoms. The molecule has 2 N–H and O–H groups in total. The molecule has 162 valence electrons. The number of aryl methyl sites for hydroxylation is 2. The number of hydrogen-bond acceptors (Lipinski definition) is 2. The van der Waals surface area contributed by atoms with E-state index in [4.69, 9.17) is 0 Å². The molecule has 0 radical (unpaired) electrons. The number of benzene rings is 1. The van der Waals surface area contributed by atoms with Crippen LogP contribution >= 0.6 is 0 Å². The van der Waals surface area contributed by atoms with Crippen LogP contribution in [0.2, 0.25) is 0 Å². The van der Waals surface area contributed by atoms with E-state index in [9.17, 15) is 0 Å². The standard InChI is InChI=1S/C24H42N2.2H2O/c1-3-25(17-7-8-18-25)21-11-15-23-13-5-6-14-24(23)16-12-22-26(4-2)19-9-10-20-26;;/h5-6,13-14H,3-4,7-12,15-22H2,1-2H3;2*1H2/q+2;;/p-2. The van der Waals surface area contributed by atoms with Crippen LogP contribution < -0.4 is 0 Å². The van der Waals surface area contributed by atoms with Crippen molar-refractivity contribution in [3.8, 4) is 0 Å². The predicted octanol–water partition coefficient (Wildman–Crippen LogP) is 4.46. The second kappa shape index (κ2) is 11.9. The van der Waals surface area contributed by atoms with Gasteiger partial charge in [0.1, 0.15) is 0 Å². The summed E-state index contributed by atoms with van der Waals surface area (Å²) in [6.45, 7) is 15.9. The summed E-state index contributed by atoms with van der Waals surface area (Å²) in [5, 5.41) is 0. The lowest BCUT2D eigenvalue weighted by Gasteiger charge is -2.33. The summed E-state index contributed by atoms with van der Waals surface area (Å²) in [6.07, 6.45) is 11.1. The molecule has 2 aliphatic rings. The Hall–Kier alpha value is -0.940. The highest BCUT2D eigenvalue weighted by Gasteiger charge is 2.30. The first-order valence-electron chi connectivity index (χ1n) is 11.5. The van der Waals surface area contributed by atoms with Gasteiger partial charge in [0, 0.05) is 38.5 Å². The lowest BCUT2D eigenvalue weighted by Crippen LogP contribution is -2.46. The van der Waals surface area contributed by atoms with Crippen molar-refractivity contribution in [1.82, 2.24) is 0 Å². The zero-order valence-electron chi connectivity index (χ0n) is 18.4. The molecule has 0 spiro atoms. The van der Waals surface area contributed by atoms with Gasteiger partial charge in [0.2, 0.25) is 0 Å². The van der Waals surface area contributed by atoms with E-state index < -0.39 is 0 Å². The first kappa shape index (κ1) is 25.1. The molecule has 0 amide bonds. The van der Waals surface area contributed by atoms with Crippen molar-refractivity contribution in [3.05, 3.63) is 35.4 Å². The Balaban J connectivity index is 0.00000196. The van der Waals surface area contributed by atoms with Crippen LogP contribution in [0.15, 0.2) is 24.3 Å². The Morgan fingerprint density at radius 1 is 0.643 bits per heavy atom.